The van der Waals surface area contributed by atoms with Crippen LogP contribution in [0.2, 0.25) is 0 Å². The molecule has 0 aliphatic carbocycles. The van der Waals surface area contributed by atoms with E-state index in [1.165, 1.54) is 74.6 Å². The molecule has 4 fully saturated rings. The number of rotatable bonds is 18. The van der Waals surface area contributed by atoms with Crippen molar-refractivity contribution < 1.29 is 119 Å². The first kappa shape index (κ1) is 33.4. The number of hydrogen-bond acceptors (Lipinski definition) is 16. The third-order valence-corrected chi connectivity index (χ3v) is 17.0. The predicted octanol–water partition coefficient (Wildman–Crippen LogP) is 13.7. The fraction of sp³-hybridized carbons (Fsp3) is 0.641. The zero-order valence-corrected chi connectivity index (χ0v) is 54.1. The van der Waals surface area contributed by atoms with Gasteiger partial charge in [-0.1, -0.05) is 68.0 Å². The van der Waals surface area contributed by atoms with Crippen LogP contribution in [0.5, 0.6) is 46.0 Å². The Kier molecular flexibility index (Phi) is 11.6. The molecule has 0 aromatic heterocycles. The average molecular weight is 1340 g/mol. The highest BCUT2D eigenvalue weighted by atomic mass is 16.5. The Morgan fingerprint density at radius 3 is 1.36 bits per heavy atom. The largest absolute Gasteiger partial charge is 0.493 e. The highest BCUT2D eigenvalue weighted by Gasteiger charge is 2.43. The molecule has 16 heteroatoms. The van der Waals surface area contributed by atoms with E-state index in [0.29, 0.717) is 46.9 Å². The van der Waals surface area contributed by atoms with E-state index in [-0.39, 0.29) is 131 Å². The van der Waals surface area contributed by atoms with Crippen LogP contribution in [0.4, 0.5) is 0 Å². The van der Waals surface area contributed by atoms with Gasteiger partial charge in [-0.25, -0.2) is 0 Å². The number of carbonyl (C=O) groups is 4. The van der Waals surface area contributed by atoms with Crippen LogP contribution in [-0.4, -0.2) is 151 Å². The Morgan fingerprint density at radius 2 is 0.904 bits per heavy atom. The number of hydrogen-bond donors (Lipinski definition) is 0. The standard InChI is InChI=1S/2C20H29NO3.2C19H27NO3/c2*1-5-13(2)8-15-12-21-7-6-14-9-19(23-3)20(24-4)10-16(14)17(21)11-18(15)22;2*1-12(2)7-14-11-20-6-5-13-8-18(22-3)19(23-4)9-15(13)16(20)10-17(14)21/h2*9-10,13,15,17H,5-8,11-12H2,1-4H3;2*8-9,12,14,16H,5-7,10-11H2,1-4H3/i2D3,4D3,5D2,8D2,11D2,12D2,13D,15D;2D3,4D3,5D2,8D2,12D2,13D;4D3,10D2,11D2,14D;4D3,5D2,6D2,16D. The van der Waals surface area contributed by atoms with Gasteiger partial charge < -0.3 is 37.9 Å². The maximum absolute atomic E-state index is 13.8. The predicted molar refractivity (Wildman–Crippen MR) is 370 cm³/mol. The Balaban J connectivity index is 0.000000208. The van der Waals surface area contributed by atoms with E-state index >= 15 is 0 Å². The van der Waals surface area contributed by atoms with Crippen molar-refractivity contribution in [1.29, 1.82) is 0 Å². The number of benzene rings is 4. The summed E-state index contributed by atoms with van der Waals surface area (Å²) < 4.78 is 408. The number of ketones is 4. The van der Waals surface area contributed by atoms with Crippen LogP contribution in [-0.2, 0) is 44.8 Å². The molecular formula is C78H112N4O12. The monoisotopic (exact) mass is 1340 g/mol. The zero-order valence-electron chi connectivity index (χ0n) is 99.1. The molecule has 10 unspecified atom stereocenters. The van der Waals surface area contributed by atoms with Crippen molar-refractivity contribution >= 4 is 23.1 Å². The number of piperidine rings is 4. The quantitative estimate of drug-likeness (QED) is 0.0926. The first-order valence-corrected chi connectivity index (χ1v) is 30.6. The van der Waals surface area contributed by atoms with Crippen LogP contribution in [0, 0.1) is 47.2 Å². The molecular weight excluding hydrogens is 1180 g/mol. The molecule has 0 amide bonds. The van der Waals surface area contributed by atoms with E-state index in [4.69, 9.17) is 99.6 Å². The maximum Gasteiger partial charge on any atom is 0.161 e. The van der Waals surface area contributed by atoms with E-state index in [1.807, 2.05) is 13.8 Å². The summed E-state index contributed by atoms with van der Waals surface area (Å²) in [4.78, 5) is 57.6. The van der Waals surface area contributed by atoms with Crippen LogP contribution in [0.1, 0.15) is 250 Å². The van der Waals surface area contributed by atoms with Crippen molar-refractivity contribution in [3.8, 4) is 46.0 Å². The third kappa shape index (κ3) is 16.4. The Bertz CT molecular complexity index is 5270. The second-order valence-electron chi connectivity index (χ2n) is 23.9. The second-order valence-corrected chi connectivity index (χ2v) is 23.9. The van der Waals surface area contributed by atoms with Gasteiger partial charge in [-0.2, -0.15) is 0 Å². The number of fused-ring (bicyclic) bond motifs is 12. The summed E-state index contributed by atoms with van der Waals surface area (Å²) in [5, 5.41) is 0. The molecule has 0 radical (unpaired) electrons. The number of carbonyl (C=O) groups excluding carboxylic acids is 4. The first-order chi connectivity index (χ1) is 62.2. The molecule has 0 saturated carbocycles. The lowest BCUT2D eigenvalue weighted by molar-refractivity contribution is -0.130. The number of Topliss-reactive ketones (excluding diaryl/α,β-unsaturated/α-hetero) is 4. The van der Waals surface area contributed by atoms with Crippen LogP contribution < -0.4 is 37.9 Å². The van der Waals surface area contributed by atoms with E-state index in [9.17, 15) is 19.2 Å². The highest BCUT2D eigenvalue weighted by molar-refractivity contribution is 5.85. The minimum absolute atomic E-state index is 0.00372. The topological polar surface area (TPSA) is 155 Å². The van der Waals surface area contributed by atoms with Crippen molar-refractivity contribution in [2.24, 2.45) is 47.2 Å². The normalized spacial score (nSPS) is 39.9. The third-order valence-electron chi connectivity index (χ3n) is 17.0. The molecule has 16 nitrogen and oxygen atoms in total. The lowest BCUT2D eigenvalue weighted by Gasteiger charge is -2.43. The molecule has 4 saturated heterocycles. The summed E-state index contributed by atoms with van der Waals surface area (Å²) in [5.41, 5.74) is 1.97. The average Bonchev–Trinajstić information content (AvgIpc) is 0.691. The molecule has 10 atom stereocenters. The summed E-state index contributed by atoms with van der Waals surface area (Å²) in [6.45, 7) is -10.4. The van der Waals surface area contributed by atoms with Gasteiger partial charge in [-0.15, -0.1) is 0 Å². The van der Waals surface area contributed by atoms with Crippen LogP contribution >= 0.6 is 0 Å². The number of ether oxygens (including phenoxy) is 8. The molecule has 516 valence electrons. The fourth-order valence-electron chi connectivity index (χ4n) is 12.4. The molecule has 94 heavy (non-hydrogen) atoms. The van der Waals surface area contributed by atoms with E-state index in [2.05, 4.69) is 0 Å². The Hall–Kier alpha value is -6.20. The maximum atomic E-state index is 13.8. The van der Waals surface area contributed by atoms with E-state index < -0.39 is 202 Å². The smallest absolute Gasteiger partial charge is 0.161 e. The molecule has 0 spiro atoms. The Labute approximate surface area is 625 Å². The number of aryl methyl sites for hydroxylation is 1. The van der Waals surface area contributed by atoms with Gasteiger partial charge in [0.05, 0.1) is 74.4 Å². The minimum atomic E-state index is -4.13. The zero-order chi connectivity index (χ0) is 107. The van der Waals surface area contributed by atoms with Gasteiger partial charge in [0.15, 0.2) is 46.0 Å². The molecule has 8 aliphatic rings. The lowest BCUT2D eigenvalue weighted by atomic mass is 9.79. The molecule has 0 bridgehead atoms. The van der Waals surface area contributed by atoms with Gasteiger partial charge in [0.25, 0.3) is 0 Å². The van der Waals surface area contributed by atoms with Crippen molar-refractivity contribution in [3.63, 3.8) is 0 Å². The molecule has 8 aliphatic heterocycles. The van der Waals surface area contributed by atoms with Crippen molar-refractivity contribution in [2.45, 2.75) is 169 Å². The second kappa shape index (κ2) is 32.7. The molecule has 8 heterocycles. The van der Waals surface area contributed by atoms with Crippen molar-refractivity contribution in [1.82, 2.24) is 19.6 Å². The highest BCUT2D eigenvalue weighted by Crippen LogP contribution is 2.48. The van der Waals surface area contributed by atoms with E-state index in [0.717, 1.165) is 17.9 Å². The summed E-state index contributed by atoms with van der Waals surface area (Å²) >= 11 is 0. The summed E-state index contributed by atoms with van der Waals surface area (Å²) in [5.74, 6) is -21.5. The Morgan fingerprint density at radius 1 is 0.489 bits per heavy atom. The van der Waals surface area contributed by atoms with Gasteiger partial charge >= 0.3 is 0 Å². The number of methoxy groups -OCH3 is 8. The summed E-state index contributed by atoms with van der Waals surface area (Å²) in [6.07, 6.45) is -22.2. The van der Waals surface area contributed by atoms with Gasteiger partial charge in [0.2, 0.25) is 0 Å². The van der Waals surface area contributed by atoms with Gasteiger partial charge in [-0.05, 0) is 168 Å². The fourth-order valence-corrected chi connectivity index (χ4v) is 12.4. The van der Waals surface area contributed by atoms with Gasteiger partial charge in [-0.3, -0.25) is 38.8 Å². The SMILES string of the molecule is [2H]C([2H])([2H])Oc1cc2c(cc1OC)C([2H])([2H])C([2H])([2H])N1CC(CC(C)C)C(=O)CC21[2H].[2H]C([2H])([2H])Oc1cc2c(cc1OC)CCN1C2C([2H])([2H])C(=O)C([2H])(C([2H])([2H])C([2H])(C([2H])([2H])[2H])C([2H])([2H])C)C1([2H])[2H].[2H]C([2H])([2H])Oc1cc2c(cc1OC)CCN1C2C([2H])([2H])C(=O)C([2H])(CC(C)C)C1([2H])[2H].[2H]C([2H])([2H])Oc1cc2c(cc1OC)CCN1C2CC(=O)C(C([2H])([2H])C([2H])(C([2H])([2H])[2H])C([2H])([2H])C)C1([2H])[2H]. The van der Waals surface area contributed by atoms with Crippen LogP contribution in [0.15, 0.2) is 48.5 Å². The van der Waals surface area contributed by atoms with Gasteiger partial charge in [0.1, 0.15) is 23.1 Å². The summed E-state index contributed by atoms with van der Waals surface area (Å²) in [6, 6.07) is 4.45. The van der Waals surface area contributed by atoms with Crippen LogP contribution in [0.3, 0.4) is 0 Å². The van der Waals surface area contributed by atoms with Crippen molar-refractivity contribution in [3.05, 3.63) is 93.0 Å². The molecule has 4 aromatic rings. The lowest BCUT2D eigenvalue weighted by Crippen LogP contribution is -2.46. The minimum Gasteiger partial charge on any atom is -0.493 e. The van der Waals surface area contributed by atoms with Gasteiger partial charge in [0, 0.05) is 169 Å². The van der Waals surface area contributed by atoms with E-state index in [1.54, 1.807) is 19.9 Å². The summed E-state index contributed by atoms with van der Waals surface area (Å²) in [7, 11) is -6.22. The molecule has 0 N–H and O–H groups in total. The number of nitrogens with zero attached hydrogens (tertiary/aromatic N) is 4. The van der Waals surface area contributed by atoms with Crippen LogP contribution in [0.25, 0.3) is 0 Å². The molecule has 12 rings (SSSR count). The first-order valence-electron chi connectivity index (χ1n) is 53.1. The molecule has 4 aromatic carbocycles. The van der Waals surface area contributed by atoms with Crippen molar-refractivity contribution in [2.75, 3.05) is 109 Å².